The van der Waals surface area contributed by atoms with Crippen molar-refractivity contribution in [3.05, 3.63) is 64.7 Å². The van der Waals surface area contributed by atoms with Crippen molar-refractivity contribution in [1.82, 2.24) is 0 Å². The molecular formula is C21H22O3. The third-order valence-corrected chi connectivity index (χ3v) is 4.65. The Morgan fingerprint density at radius 3 is 2.29 bits per heavy atom. The van der Waals surface area contributed by atoms with Gasteiger partial charge in [-0.25, -0.2) is 0 Å². The Balaban J connectivity index is 2.20. The fourth-order valence-corrected chi connectivity index (χ4v) is 3.39. The summed E-state index contributed by atoms with van der Waals surface area (Å²) in [6.45, 7) is 5.68. The van der Waals surface area contributed by atoms with Crippen LogP contribution in [0.2, 0.25) is 0 Å². The van der Waals surface area contributed by atoms with Crippen molar-refractivity contribution in [3.8, 4) is 5.75 Å². The number of hydrogen-bond donors (Lipinski definition) is 0. The Labute approximate surface area is 142 Å². The molecule has 24 heavy (non-hydrogen) atoms. The van der Waals surface area contributed by atoms with Crippen LogP contribution in [0.25, 0.3) is 0 Å². The highest BCUT2D eigenvalue weighted by atomic mass is 16.5. The minimum absolute atomic E-state index is 0.0120. The maximum Gasteiger partial charge on any atom is 0.166 e. The van der Waals surface area contributed by atoms with E-state index in [1.807, 2.05) is 45.0 Å². The van der Waals surface area contributed by atoms with Gasteiger partial charge in [0.15, 0.2) is 11.6 Å². The average Bonchev–Trinajstić information content (AvgIpc) is 2.95. The minimum Gasteiger partial charge on any atom is -0.489 e. The second-order valence-electron chi connectivity index (χ2n) is 6.21. The Hall–Kier alpha value is -2.42. The van der Waals surface area contributed by atoms with Crippen LogP contribution in [0, 0.1) is 0 Å². The van der Waals surface area contributed by atoms with E-state index in [2.05, 4.69) is 12.1 Å². The smallest absolute Gasteiger partial charge is 0.166 e. The lowest BCUT2D eigenvalue weighted by atomic mass is 9.86. The number of fused-ring (bicyclic) bond motifs is 1. The highest BCUT2D eigenvalue weighted by Gasteiger charge is 2.36. The molecule has 0 aliphatic carbocycles. The molecule has 2 aromatic carbocycles. The average molecular weight is 322 g/mol. The predicted molar refractivity (Wildman–Crippen MR) is 94.1 cm³/mol. The van der Waals surface area contributed by atoms with Gasteiger partial charge < -0.3 is 4.74 Å². The maximum atomic E-state index is 12.4. The first-order valence-corrected chi connectivity index (χ1v) is 8.52. The molecule has 2 aromatic rings. The van der Waals surface area contributed by atoms with Gasteiger partial charge in [0.05, 0.1) is 5.56 Å². The molecule has 1 heterocycles. The van der Waals surface area contributed by atoms with E-state index in [-0.39, 0.29) is 23.6 Å². The molecule has 3 heteroatoms. The Kier molecular flexibility index (Phi) is 4.52. The lowest BCUT2D eigenvalue weighted by Crippen LogP contribution is -2.15. The quantitative estimate of drug-likeness (QED) is 0.744. The molecule has 0 radical (unpaired) electrons. The fraction of sp³-hybridized carbons (Fsp3) is 0.333. The van der Waals surface area contributed by atoms with Crippen molar-refractivity contribution < 1.29 is 14.3 Å². The molecule has 0 saturated carbocycles. The van der Waals surface area contributed by atoms with Crippen LogP contribution in [-0.4, -0.2) is 17.7 Å². The summed E-state index contributed by atoms with van der Waals surface area (Å²) in [5.41, 5.74) is 3.23. The van der Waals surface area contributed by atoms with Gasteiger partial charge in [0.2, 0.25) is 0 Å². The van der Waals surface area contributed by atoms with Crippen LogP contribution in [-0.2, 0) is 0 Å². The van der Waals surface area contributed by atoms with Crippen LogP contribution in [0.4, 0.5) is 0 Å². The minimum atomic E-state index is -0.0715. The molecular weight excluding hydrogens is 300 g/mol. The first-order chi connectivity index (χ1) is 11.6. The van der Waals surface area contributed by atoms with Gasteiger partial charge >= 0.3 is 0 Å². The van der Waals surface area contributed by atoms with E-state index < -0.39 is 0 Å². The summed E-state index contributed by atoms with van der Waals surface area (Å²) >= 11 is 0. The van der Waals surface area contributed by atoms with Crippen molar-refractivity contribution in [2.45, 2.75) is 45.6 Å². The van der Waals surface area contributed by atoms with Crippen molar-refractivity contribution in [1.29, 1.82) is 0 Å². The second-order valence-corrected chi connectivity index (χ2v) is 6.21. The van der Waals surface area contributed by atoms with Crippen LogP contribution in [0.3, 0.4) is 0 Å². The molecule has 124 valence electrons. The molecule has 0 spiro atoms. The number of ether oxygens (including phenoxy) is 1. The van der Waals surface area contributed by atoms with Crippen LogP contribution in [0.15, 0.2) is 42.5 Å². The third kappa shape index (κ3) is 2.75. The van der Waals surface area contributed by atoms with Crippen LogP contribution in [0.5, 0.6) is 5.75 Å². The van der Waals surface area contributed by atoms with E-state index in [1.165, 1.54) is 0 Å². The van der Waals surface area contributed by atoms with Gasteiger partial charge in [-0.15, -0.1) is 0 Å². The molecule has 0 amide bonds. The van der Waals surface area contributed by atoms with Gasteiger partial charge in [0.25, 0.3) is 0 Å². The SMILES string of the molecule is CCC(=O)c1cc(C(=O)CC)c2c(c1)[C@@H](c1ccccc1)[C@H](C)O2. The van der Waals surface area contributed by atoms with Gasteiger partial charge in [-0.3, -0.25) is 9.59 Å². The van der Waals surface area contributed by atoms with Gasteiger partial charge in [0.1, 0.15) is 11.9 Å². The van der Waals surface area contributed by atoms with E-state index in [0.29, 0.717) is 29.7 Å². The summed E-state index contributed by atoms with van der Waals surface area (Å²) in [4.78, 5) is 24.6. The summed E-state index contributed by atoms with van der Waals surface area (Å²) in [5.74, 6) is 0.748. The van der Waals surface area contributed by atoms with Gasteiger partial charge in [-0.1, -0.05) is 44.2 Å². The number of Topliss-reactive ketones (excluding diaryl/α,β-unsaturated/α-hetero) is 2. The number of ketones is 2. The molecule has 0 saturated heterocycles. The van der Waals surface area contributed by atoms with Crippen molar-refractivity contribution in [2.24, 2.45) is 0 Å². The van der Waals surface area contributed by atoms with Crippen LogP contribution >= 0.6 is 0 Å². The zero-order chi connectivity index (χ0) is 17.3. The second kappa shape index (κ2) is 6.60. The highest BCUT2D eigenvalue weighted by molar-refractivity contribution is 6.03. The van der Waals surface area contributed by atoms with E-state index in [1.54, 1.807) is 6.07 Å². The Bertz CT molecular complexity index is 777. The maximum absolute atomic E-state index is 12.4. The zero-order valence-corrected chi connectivity index (χ0v) is 14.3. The van der Waals surface area contributed by atoms with E-state index in [0.717, 1.165) is 11.1 Å². The standard InChI is InChI=1S/C21H22O3/c1-4-18(22)15-11-16(19(23)5-2)21-17(12-15)20(13(3)24-21)14-9-7-6-8-10-14/h6-13,20H,4-5H2,1-3H3/t13-,20+/m0/s1. The van der Waals surface area contributed by atoms with Crippen molar-refractivity contribution in [2.75, 3.05) is 0 Å². The summed E-state index contributed by atoms with van der Waals surface area (Å²) < 4.78 is 6.06. The Morgan fingerprint density at radius 1 is 1.00 bits per heavy atom. The lowest BCUT2D eigenvalue weighted by Gasteiger charge is -2.15. The first kappa shape index (κ1) is 16.4. The number of rotatable bonds is 5. The largest absolute Gasteiger partial charge is 0.489 e. The van der Waals surface area contributed by atoms with E-state index >= 15 is 0 Å². The number of carbonyl (C=O) groups is 2. The molecule has 2 atom stereocenters. The summed E-state index contributed by atoms with van der Waals surface area (Å²) in [7, 11) is 0. The van der Waals surface area contributed by atoms with Gasteiger partial charge in [-0.05, 0) is 24.6 Å². The molecule has 0 bridgehead atoms. The number of benzene rings is 2. The normalized spacial score (nSPS) is 18.8. The summed E-state index contributed by atoms with van der Waals surface area (Å²) in [6, 6.07) is 13.7. The monoisotopic (exact) mass is 322 g/mol. The van der Waals surface area contributed by atoms with Crippen LogP contribution in [0.1, 0.15) is 71.4 Å². The third-order valence-electron chi connectivity index (χ3n) is 4.65. The molecule has 0 N–H and O–H groups in total. The van der Waals surface area contributed by atoms with Gasteiger partial charge in [0, 0.05) is 29.9 Å². The molecule has 0 unspecified atom stereocenters. The number of hydrogen-bond acceptors (Lipinski definition) is 3. The van der Waals surface area contributed by atoms with E-state index in [9.17, 15) is 9.59 Å². The highest BCUT2D eigenvalue weighted by Crippen LogP contribution is 2.45. The molecule has 3 rings (SSSR count). The zero-order valence-electron chi connectivity index (χ0n) is 14.3. The lowest BCUT2D eigenvalue weighted by molar-refractivity contribution is 0.0983. The predicted octanol–water partition coefficient (Wildman–Crippen LogP) is 4.78. The topological polar surface area (TPSA) is 43.4 Å². The van der Waals surface area contributed by atoms with Crippen molar-refractivity contribution in [3.63, 3.8) is 0 Å². The van der Waals surface area contributed by atoms with E-state index in [4.69, 9.17) is 4.74 Å². The Morgan fingerprint density at radius 2 is 1.67 bits per heavy atom. The first-order valence-electron chi connectivity index (χ1n) is 8.52. The number of carbonyl (C=O) groups excluding carboxylic acids is 2. The molecule has 0 aromatic heterocycles. The van der Waals surface area contributed by atoms with Crippen LogP contribution < -0.4 is 4.74 Å². The summed E-state index contributed by atoms with van der Waals surface area (Å²) in [6.07, 6.45) is 0.743. The summed E-state index contributed by atoms with van der Waals surface area (Å²) in [5, 5.41) is 0. The van der Waals surface area contributed by atoms with Crippen molar-refractivity contribution >= 4 is 11.6 Å². The van der Waals surface area contributed by atoms with Gasteiger partial charge in [-0.2, -0.15) is 0 Å². The fourth-order valence-electron chi connectivity index (χ4n) is 3.39. The molecule has 1 aliphatic rings. The molecule has 3 nitrogen and oxygen atoms in total. The molecule has 1 aliphatic heterocycles. The molecule has 0 fully saturated rings.